The first kappa shape index (κ1) is 12.7. The zero-order valence-electron chi connectivity index (χ0n) is 10.7. The van der Waals surface area contributed by atoms with Gasteiger partial charge in [-0.2, -0.15) is 0 Å². The van der Waals surface area contributed by atoms with Crippen LogP contribution in [0.15, 0.2) is 5.11 Å². The van der Waals surface area contributed by atoms with E-state index in [1.54, 1.807) is 0 Å². The highest BCUT2D eigenvalue weighted by Gasteiger charge is 2.30. The van der Waals surface area contributed by atoms with E-state index in [0.29, 0.717) is 6.10 Å². The van der Waals surface area contributed by atoms with Gasteiger partial charge in [0.15, 0.2) is 0 Å². The molecule has 2 aliphatic rings. The first-order valence-electron chi connectivity index (χ1n) is 6.90. The first-order valence-corrected chi connectivity index (χ1v) is 6.90. The molecule has 4 heteroatoms. The molecule has 2 aliphatic carbocycles. The van der Waals surface area contributed by atoms with Gasteiger partial charge in [0.25, 0.3) is 0 Å². The molecule has 0 bridgehead atoms. The topological polar surface area (TPSA) is 58.0 Å². The van der Waals surface area contributed by atoms with Crippen LogP contribution in [0, 0.1) is 11.8 Å². The number of nitrogens with zero attached hydrogens (tertiary/aromatic N) is 3. The fourth-order valence-electron chi connectivity index (χ4n) is 3.56. The lowest BCUT2D eigenvalue weighted by Gasteiger charge is -2.36. The summed E-state index contributed by atoms with van der Waals surface area (Å²) in [7, 11) is 1.83. The van der Waals surface area contributed by atoms with Crippen LogP contribution in [0.2, 0.25) is 0 Å². The maximum Gasteiger partial charge on any atom is 0.0571 e. The second kappa shape index (κ2) is 6.27. The number of ether oxygens (including phenoxy) is 1. The number of azide groups is 1. The minimum Gasteiger partial charge on any atom is -0.381 e. The van der Waals surface area contributed by atoms with Gasteiger partial charge in [0.05, 0.1) is 6.10 Å². The molecule has 0 N–H and O–H groups in total. The van der Waals surface area contributed by atoms with Gasteiger partial charge < -0.3 is 4.74 Å². The van der Waals surface area contributed by atoms with Gasteiger partial charge in [-0.25, -0.2) is 0 Å². The fourth-order valence-corrected chi connectivity index (χ4v) is 3.56. The Morgan fingerprint density at radius 2 is 1.47 bits per heavy atom. The lowest BCUT2D eigenvalue weighted by Crippen LogP contribution is -2.28. The largest absolute Gasteiger partial charge is 0.381 e. The van der Waals surface area contributed by atoms with Crippen molar-refractivity contribution in [1.29, 1.82) is 0 Å². The Balaban J connectivity index is 1.76. The van der Waals surface area contributed by atoms with E-state index in [2.05, 4.69) is 10.0 Å². The predicted molar refractivity (Wildman–Crippen MR) is 67.6 cm³/mol. The summed E-state index contributed by atoms with van der Waals surface area (Å²) >= 11 is 0. The molecular weight excluding hydrogens is 214 g/mol. The zero-order valence-corrected chi connectivity index (χ0v) is 10.7. The van der Waals surface area contributed by atoms with Gasteiger partial charge >= 0.3 is 0 Å². The van der Waals surface area contributed by atoms with Crippen molar-refractivity contribution in [3.05, 3.63) is 10.4 Å². The molecule has 96 valence electrons. The summed E-state index contributed by atoms with van der Waals surface area (Å²) in [6.45, 7) is 0. The van der Waals surface area contributed by atoms with E-state index in [0.717, 1.165) is 24.7 Å². The molecule has 0 amide bonds. The summed E-state index contributed by atoms with van der Waals surface area (Å²) in [4.78, 5) is 2.93. The van der Waals surface area contributed by atoms with Crippen LogP contribution >= 0.6 is 0 Å². The molecule has 17 heavy (non-hydrogen) atoms. The number of hydrogen-bond donors (Lipinski definition) is 0. The highest BCUT2D eigenvalue weighted by Crippen LogP contribution is 2.39. The van der Waals surface area contributed by atoms with Crippen LogP contribution < -0.4 is 0 Å². The van der Waals surface area contributed by atoms with Gasteiger partial charge in [-0.15, -0.1) is 0 Å². The van der Waals surface area contributed by atoms with Crippen molar-refractivity contribution in [1.82, 2.24) is 0 Å². The standard InChI is InChI=1S/C13H23N3O/c1-17-13-8-4-11(5-9-13)10-2-6-12(7-3-10)15-16-14/h10-13H,2-9H2,1H3. The molecule has 0 aromatic carbocycles. The van der Waals surface area contributed by atoms with Crippen molar-refractivity contribution >= 4 is 0 Å². The van der Waals surface area contributed by atoms with E-state index < -0.39 is 0 Å². The molecule has 0 heterocycles. The molecule has 0 radical (unpaired) electrons. The fraction of sp³-hybridized carbons (Fsp3) is 1.00. The van der Waals surface area contributed by atoms with Gasteiger partial charge in [0.1, 0.15) is 0 Å². The number of hydrogen-bond acceptors (Lipinski definition) is 2. The minimum absolute atomic E-state index is 0.270. The molecule has 0 saturated heterocycles. The average Bonchev–Trinajstić information content (AvgIpc) is 2.40. The highest BCUT2D eigenvalue weighted by atomic mass is 16.5. The monoisotopic (exact) mass is 237 g/mol. The van der Waals surface area contributed by atoms with E-state index in [-0.39, 0.29) is 6.04 Å². The van der Waals surface area contributed by atoms with Crippen LogP contribution in [0.3, 0.4) is 0 Å². The van der Waals surface area contributed by atoms with Gasteiger partial charge in [-0.05, 0) is 68.7 Å². The smallest absolute Gasteiger partial charge is 0.0571 e. The second-order valence-electron chi connectivity index (χ2n) is 5.55. The lowest BCUT2D eigenvalue weighted by molar-refractivity contribution is 0.0411. The predicted octanol–water partition coefficient (Wildman–Crippen LogP) is 4.06. The lowest BCUT2D eigenvalue weighted by atomic mass is 9.72. The quantitative estimate of drug-likeness (QED) is 0.415. The van der Waals surface area contributed by atoms with E-state index >= 15 is 0 Å². The van der Waals surface area contributed by atoms with Crippen LogP contribution in [0.5, 0.6) is 0 Å². The molecule has 2 rings (SSSR count). The molecule has 0 atom stereocenters. The molecule has 0 aliphatic heterocycles. The van der Waals surface area contributed by atoms with Gasteiger partial charge in [0, 0.05) is 18.1 Å². The summed E-state index contributed by atoms with van der Waals surface area (Å²) in [5.74, 6) is 1.77. The maximum absolute atomic E-state index is 8.43. The Bertz CT molecular complexity index is 272. The molecule has 0 aromatic rings. The van der Waals surface area contributed by atoms with Crippen molar-refractivity contribution in [2.75, 3.05) is 7.11 Å². The molecule has 2 fully saturated rings. The van der Waals surface area contributed by atoms with E-state index in [1.807, 2.05) is 7.11 Å². The molecule has 4 nitrogen and oxygen atoms in total. The Kier molecular flexibility index (Phi) is 4.69. The van der Waals surface area contributed by atoms with Crippen LogP contribution in [-0.4, -0.2) is 19.3 Å². The number of methoxy groups -OCH3 is 1. The Labute approximate surface area is 103 Å². The summed E-state index contributed by atoms with van der Waals surface area (Å²) < 4.78 is 5.42. The van der Waals surface area contributed by atoms with Gasteiger partial charge in [-0.3, -0.25) is 0 Å². The van der Waals surface area contributed by atoms with Crippen molar-refractivity contribution in [3.63, 3.8) is 0 Å². The Morgan fingerprint density at radius 1 is 0.941 bits per heavy atom. The molecule has 0 aromatic heterocycles. The normalized spacial score (nSPS) is 38.4. The summed E-state index contributed by atoms with van der Waals surface area (Å²) in [6, 6.07) is 0.270. The Morgan fingerprint density at radius 3 is 1.94 bits per heavy atom. The number of rotatable bonds is 3. The average molecular weight is 237 g/mol. The second-order valence-corrected chi connectivity index (χ2v) is 5.55. The first-order chi connectivity index (χ1) is 8.33. The van der Waals surface area contributed by atoms with Crippen LogP contribution in [-0.2, 0) is 4.74 Å². The summed E-state index contributed by atoms with van der Waals surface area (Å²) in [6.07, 6.45) is 10.3. The molecule has 0 spiro atoms. The highest BCUT2D eigenvalue weighted by molar-refractivity contribution is 4.84. The molecule has 0 unspecified atom stereocenters. The maximum atomic E-state index is 8.43. The third-order valence-corrected chi connectivity index (χ3v) is 4.68. The summed E-state index contributed by atoms with van der Waals surface area (Å²) in [5.41, 5.74) is 8.43. The SMILES string of the molecule is COC1CCC(C2CCC(N=[N+]=[N-])CC2)CC1. The molecular formula is C13H23N3O. The zero-order chi connectivity index (χ0) is 12.1. The van der Waals surface area contributed by atoms with Crippen LogP contribution in [0.25, 0.3) is 10.4 Å². The van der Waals surface area contributed by atoms with Crippen LogP contribution in [0.1, 0.15) is 51.4 Å². The van der Waals surface area contributed by atoms with Gasteiger partial charge in [0.2, 0.25) is 0 Å². The van der Waals surface area contributed by atoms with E-state index in [1.165, 1.54) is 38.5 Å². The van der Waals surface area contributed by atoms with Crippen molar-refractivity contribution in [3.8, 4) is 0 Å². The van der Waals surface area contributed by atoms with Crippen LogP contribution in [0.4, 0.5) is 0 Å². The third kappa shape index (κ3) is 3.36. The Hall–Kier alpha value is -0.730. The van der Waals surface area contributed by atoms with Crippen molar-refractivity contribution < 1.29 is 4.74 Å². The van der Waals surface area contributed by atoms with Gasteiger partial charge in [-0.1, -0.05) is 5.11 Å². The van der Waals surface area contributed by atoms with Crippen molar-refractivity contribution in [2.24, 2.45) is 17.0 Å². The van der Waals surface area contributed by atoms with Crippen molar-refractivity contribution in [2.45, 2.75) is 63.5 Å². The minimum atomic E-state index is 0.270. The summed E-state index contributed by atoms with van der Waals surface area (Å²) in [5, 5.41) is 3.85. The third-order valence-electron chi connectivity index (χ3n) is 4.68. The molecule has 2 saturated carbocycles. The van der Waals surface area contributed by atoms with E-state index in [9.17, 15) is 0 Å². The van der Waals surface area contributed by atoms with E-state index in [4.69, 9.17) is 10.3 Å².